The molecule has 0 unspecified atom stereocenters. The van der Waals surface area contributed by atoms with Crippen LogP contribution >= 0.6 is 11.3 Å². The van der Waals surface area contributed by atoms with E-state index in [1.165, 1.54) is 6.20 Å². The van der Waals surface area contributed by atoms with Crippen molar-refractivity contribution < 1.29 is 8.42 Å². The zero-order valence-electron chi connectivity index (χ0n) is 7.62. The highest BCUT2D eigenvalue weighted by molar-refractivity contribution is 7.91. The number of primary sulfonamides is 1. The molecule has 2 aromatic rings. The molecule has 1 heterocycles. The number of aromatic nitrogens is 1. The van der Waals surface area contributed by atoms with Crippen molar-refractivity contribution in [3.8, 4) is 10.4 Å². The molecule has 0 saturated carbocycles. The lowest BCUT2D eigenvalue weighted by atomic mass is 10.2. The highest BCUT2D eigenvalue weighted by Gasteiger charge is 2.13. The van der Waals surface area contributed by atoms with Gasteiger partial charge in [0, 0.05) is 6.20 Å². The van der Waals surface area contributed by atoms with E-state index in [2.05, 4.69) is 4.98 Å². The van der Waals surface area contributed by atoms with Gasteiger partial charge in [0.25, 0.3) is 10.0 Å². The number of thiazole rings is 1. The average Bonchev–Trinajstić information content (AvgIpc) is 2.67. The van der Waals surface area contributed by atoms with Crippen molar-refractivity contribution in [2.24, 2.45) is 5.14 Å². The van der Waals surface area contributed by atoms with E-state index in [0.717, 1.165) is 21.8 Å². The maximum Gasteiger partial charge on any atom is 0.265 e. The van der Waals surface area contributed by atoms with Crippen molar-refractivity contribution >= 4 is 21.4 Å². The van der Waals surface area contributed by atoms with E-state index in [0.29, 0.717) is 0 Å². The summed E-state index contributed by atoms with van der Waals surface area (Å²) in [6.07, 6.45) is 1.51. The van der Waals surface area contributed by atoms with Gasteiger partial charge in [-0.3, -0.25) is 0 Å². The first-order valence-corrected chi connectivity index (χ1v) is 6.48. The predicted molar refractivity (Wildman–Crippen MR) is 58.9 cm³/mol. The summed E-state index contributed by atoms with van der Waals surface area (Å²) in [4.78, 5) is 4.56. The van der Waals surface area contributed by atoms with E-state index in [4.69, 9.17) is 5.14 Å². The lowest BCUT2D eigenvalue weighted by Crippen LogP contribution is -2.11. The molecule has 1 aromatic carbocycles. The van der Waals surface area contributed by atoms with E-state index in [1.54, 1.807) is 0 Å². The fraction of sp³-hybridized carbons (Fsp3) is 0. The number of rotatable bonds is 2. The molecule has 0 fully saturated rings. The Morgan fingerprint density at radius 2 is 1.87 bits per heavy atom. The Labute approximate surface area is 91.4 Å². The third-order valence-corrected chi connectivity index (χ3v) is 4.17. The molecule has 0 aliphatic heterocycles. The van der Waals surface area contributed by atoms with E-state index >= 15 is 0 Å². The summed E-state index contributed by atoms with van der Waals surface area (Å²) in [5.74, 6) is 0. The fourth-order valence-corrected chi connectivity index (χ4v) is 2.71. The lowest BCUT2D eigenvalue weighted by molar-refractivity contribution is 0.597. The number of benzene rings is 1. The van der Waals surface area contributed by atoms with Gasteiger partial charge in [0.1, 0.15) is 0 Å². The summed E-state index contributed by atoms with van der Waals surface area (Å²) in [6, 6.07) is 9.43. The second kappa shape index (κ2) is 3.73. The first-order valence-electron chi connectivity index (χ1n) is 4.11. The molecule has 0 spiro atoms. The van der Waals surface area contributed by atoms with Gasteiger partial charge in [-0.1, -0.05) is 30.3 Å². The van der Waals surface area contributed by atoms with Crippen molar-refractivity contribution in [3.63, 3.8) is 0 Å². The smallest absolute Gasteiger partial charge is 0.232 e. The van der Waals surface area contributed by atoms with Gasteiger partial charge < -0.3 is 0 Å². The molecular weight excluding hydrogens is 232 g/mol. The predicted octanol–water partition coefficient (Wildman–Crippen LogP) is 1.46. The van der Waals surface area contributed by atoms with E-state index in [1.807, 2.05) is 30.3 Å². The van der Waals surface area contributed by atoms with Gasteiger partial charge in [-0.25, -0.2) is 18.5 Å². The van der Waals surface area contributed by atoms with Crippen LogP contribution in [0.25, 0.3) is 10.4 Å². The minimum Gasteiger partial charge on any atom is -0.232 e. The van der Waals surface area contributed by atoms with Gasteiger partial charge in [0.15, 0.2) is 0 Å². The van der Waals surface area contributed by atoms with Crippen LogP contribution in [-0.4, -0.2) is 13.4 Å². The van der Waals surface area contributed by atoms with Crippen molar-refractivity contribution in [1.82, 2.24) is 4.98 Å². The normalized spacial score (nSPS) is 11.5. The van der Waals surface area contributed by atoms with Crippen molar-refractivity contribution in [1.29, 1.82) is 0 Å². The summed E-state index contributed by atoms with van der Waals surface area (Å²) < 4.78 is 22.0. The molecule has 78 valence electrons. The number of hydrogen-bond donors (Lipinski definition) is 1. The SMILES string of the molecule is NS(=O)(=O)c1ncc(-c2ccccc2)s1. The van der Waals surface area contributed by atoms with Gasteiger partial charge in [0.05, 0.1) is 4.88 Å². The molecule has 1 aromatic heterocycles. The number of hydrogen-bond acceptors (Lipinski definition) is 4. The molecule has 6 heteroatoms. The Hall–Kier alpha value is -1.24. The molecule has 2 N–H and O–H groups in total. The van der Waals surface area contributed by atoms with Gasteiger partial charge in [-0.15, -0.1) is 11.3 Å². The Morgan fingerprint density at radius 1 is 1.20 bits per heavy atom. The van der Waals surface area contributed by atoms with Crippen LogP contribution < -0.4 is 5.14 Å². The summed E-state index contributed by atoms with van der Waals surface area (Å²) in [6.45, 7) is 0. The molecule has 15 heavy (non-hydrogen) atoms. The summed E-state index contributed by atoms with van der Waals surface area (Å²) >= 11 is 1.07. The highest BCUT2D eigenvalue weighted by Crippen LogP contribution is 2.27. The second-order valence-electron chi connectivity index (χ2n) is 2.90. The molecular formula is C9H8N2O2S2. The molecule has 0 amide bonds. The highest BCUT2D eigenvalue weighted by atomic mass is 32.2. The van der Waals surface area contributed by atoms with Crippen LogP contribution in [0.4, 0.5) is 0 Å². The van der Waals surface area contributed by atoms with Crippen LogP contribution in [-0.2, 0) is 10.0 Å². The van der Waals surface area contributed by atoms with Crippen molar-refractivity contribution in [3.05, 3.63) is 36.5 Å². The fourth-order valence-electron chi connectivity index (χ4n) is 1.13. The largest absolute Gasteiger partial charge is 0.265 e. The van der Waals surface area contributed by atoms with Crippen LogP contribution in [0.5, 0.6) is 0 Å². The maximum absolute atomic E-state index is 11.0. The third kappa shape index (κ3) is 2.23. The first kappa shape index (κ1) is 10.3. The van der Waals surface area contributed by atoms with E-state index < -0.39 is 10.0 Å². The molecule has 0 saturated heterocycles. The van der Waals surface area contributed by atoms with Gasteiger partial charge >= 0.3 is 0 Å². The zero-order chi connectivity index (χ0) is 10.9. The lowest BCUT2D eigenvalue weighted by Gasteiger charge is -1.93. The van der Waals surface area contributed by atoms with Crippen molar-refractivity contribution in [2.45, 2.75) is 4.34 Å². The van der Waals surface area contributed by atoms with Gasteiger partial charge in [0.2, 0.25) is 4.34 Å². The Balaban J connectivity index is 2.46. The third-order valence-electron chi connectivity index (χ3n) is 1.79. The van der Waals surface area contributed by atoms with Crippen molar-refractivity contribution in [2.75, 3.05) is 0 Å². The maximum atomic E-state index is 11.0. The van der Waals surface area contributed by atoms with Gasteiger partial charge in [-0.05, 0) is 5.56 Å². The Bertz CT molecular complexity index is 561. The molecule has 0 aliphatic carbocycles. The molecule has 0 bridgehead atoms. The number of nitrogens with two attached hydrogens (primary N) is 1. The van der Waals surface area contributed by atoms with E-state index in [9.17, 15) is 8.42 Å². The Morgan fingerprint density at radius 3 is 2.40 bits per heavy atom. The molecule has 2 rings (SSSR count). The first-order chi connectivity index (χ1) is 7.07. The molecule has 0 radical (unpaired) electrons. The molecule has 0 atom stereocenters. The minimum atomic E-state index is -3.68. The monoisotopic (exact) mass is 240 g/mol. The van der Waals surface area contributed by atoms with Gasteiger partial charge in [-0.2, -0.15) is 0 Å². The summed E-state index contributed by atoms with van der Waals surface area (Å²) in [5, 5.41) is 4.97. The summed E-state index contributed by atoms with van der Waals surface area (Å²) in [5.41, 5.74) is 0.935. The minimum absolute atomic E-state index is 0.0543. The number of sulfonamides is 1. The molecule has 4 nitrogen and oxygen atoms in total. The Kier molecular flexibility index (Phi) is 2.56. The van der Waals surface area contributed by atoms with Crippen LogP contribution in [0, 0.1) is 0 Å². The van der Waals surface area contributed by atoms with Crippen LogP contribution in [0.15, 0.2) is 40.9 Å². The average molecular weight is 240 g/mol. The number of nitrogens with zero attached hydrogens (tertiary/aromatic N) is 1. The second-order valence-corrected chi connectivity index (χ2v) is 5.67. The zero-order valence-corrected chi connectivity index (χ0v) is 9.25. The standard InChI is InChI=1S/C9H8N2O2S2/c10-15(12,13)9-11-6-8(14-9)7-4-2-1-3-5-7/h1-6H,(H2,10,12,13). The van der Waals surface area contributed by atoms with E-state index in [-0.39, 0.29) is 4.34 Å². The summed E-state index contributed by atoms with van der Waals surface area (Å²) in [7, 11) is -3.68. The molecule has 0 aliphatic rings. The van der Waals surface area contributed by atoms with Crippen LogP contribution in [0.1, 0.15) is 0 Å². The van der Waals surface area contributed by atoms with Crippen LogP contribution in [0.2, 0.25) is 0 Å². The topological polar surface area (TPSA) is 73.1 Å². The quantitative estimate of drug-likeness (QED) is 0.863. The van der Waals surface area contributed by atoms with Crippen LogP contribution in [0.3, 0.4) is 0 Å².